The Morgan fingerprint density at radius 2 is 2.20 bits per heavy atom. The normalized spacial score (nSPS) is 12.3. The number of carbonyl (C=O) groups is 1. The first-order valence-corrected chi connectivity index (χ1v) is 4.32. The molecule has 2 N–H and O–H groups in total. The number of benzene rings is 1. The van der Waals surface area contributed by atoms with Crippen LogP contribution in [0.3, 0.4) is 0 Å². The molecule has 0 aliphatic rings. The van der Waals surface area contributed by atoms with Crippen molar-refractivity contribution >= 4 is 5.97 Å². The highest BCUT2D eigenvalue weighted by Gasteiger charge is 2.15. The molecule has 0 saturated heterocycles. The number of esters is 1. The number of carbonyl (C=O) groups excluding carboxylic acids is 1. The molecule has 1 aromatic carbocycles. The lowest BCUT2D eigenvalue weighted by Crippen LogP contribution is -2.17. The van der Waals surface area contributed by atoms with E-state index in [1.807, 2.05) is 0 Å². The maximum absolute atomic E-state index is 13.2. The maximum atomic E-state index is 13.2. The Hall–Kier alpha value is -1.49. The Kier molecular flexibility index (Phi) is 3.74. The summed E-state index contributed by atoms with van der Waals surface area (Å²) in [7, 11) is 1.22. The number of methoxy groups -OCH3 is 1. The van der Waals surface area contributed by atoms with Crippen LogP contribution in [0.15, 0.2) is 18.2 Å². The molecule has 1 rings (SSSR count). The van der Waals surface area contributed by atoms with Crippen molar-refractivity contribution in [2.75, 3.05) is 7.11 Å². The monoisotopic (exact) mass is 215 g/mol. The summed E-state index contributed by atoms with van der Waals surface area (Å²) in [6.07, 6.45) is -0.140. The van der Waals surface area contributed by atoms with Gasteiger partial charge in [-0.3, -0.25) is 4.79 Å². The van der Waals surface area contributed by atoms with Gasteiger partial charge in [0.1, 0.15) is 11.6 Å². The molecule has 3 nitrogen and oxygen atoms in total. The summed E-state index contributed by atoms with van der Waals surface area (Å²) in [5, 5.41) is 0. The van der Waals surface area contributed by atoms with Crippen molar-refractivity contribution in [2.45, 2.75) is 12.5 Å². The highest BCUT2D eigenvalue weighted by atomic mass is 19.1. The summed E-state index contributed by atoms with van der Waals surface area (Å²) >= 11 is 0. The van der Waals surface area contributed by atoms with Crippen molar-refractivity contribution in [1.82, 2.24) is 0 Å². The van der Waals surface area contributed by atoms with Crippen molar-refractivity contribution in [1.29, 1.82) is 0 Å². The quantitative estimate of drug-likeness (QED) is 0.778. The fourth-order valence-electron chi connectivity index (χ4n) is 1.18. The molecule has 0 aliphatic heterocycles. The average Bonchev–Trinajstić information content (AvgIpc) is 2.17. The topological polar surface area (TPSA) is 52.3 Å². The van der Waals surface area contributed by atoms with Crippen LogP contribution in [-0.2, 0) is 9.53 Å². The first-order valence-electron chi connectivity index (χ1n) is 4.32. The van der Waals surface area contributed by atoms with Crippen LogP contribution in [0.5, 0.6) is 0 Å². The van der Waals surface area contributed by atoms with Gasteiger partial charge in [0.05, 0.1) is 13.5 Å². The van der Waals surface area contributed by atoms with Gasteiger partial charge in [-0.05, 0) is 6.07 Å². The molecule has 0 saturated carbocycles. The van der Waals surface area contributed by atoms with Gasteiger partial charge in [0, 0.05) is 17.7 Å². The zero-order valence-electron chi connectivity index (χ0n) is 8.17. The average molecular weight is 215 g/mol. The second-order valence-electron chi connectivity index (χ2n) is 3.05. The van der Waals surface area contributed by atoms with Crippen LogP contribution in [0.25, 0.3) is 0 Å². The van der Waals surface area contributed by atoms with Gasteiger partial charge in [0.15, 0.2) is 0 Å². The summed E-state index contributed by atoms with van der Waals surface area (Å²) in [4.78, 5) is 10.9. The lowest BCUT2D eigenvalue weighted by Gasteiger charge is -2.11. The molecule has 0 aromatic heterocycles. The molecule has 1 aromatic rings. The first-order chi connectivity index (χ1) is 7.04. The Morgan fingerprint density at radius 1 is 1.53 bits per heavy atom. The van der Waals surface area contributed by atoms with Crippen LogP contribution in [0, 0.1) is 11.6 Å². The Morgan fingerprint density at radius 3 is 2.73 bits per heavy atom. The van der Waals surface area contributed by atoms with Crippen molar-refractivity contribution in [3.8, 4) is 0 Å². The maximum Gasteiger partial charge on any atom is 0.307 e. The Labute approximate surface area is 85.8 Å². The zero-order chi connectivity index (χ0) is 11.4. The molecule has 0 aliphatic carbocycles. The molecule has 5 heteroatoms. The van der Waals surface area contributed by atoms with Crippen LogP contribution in [-0.4, -0.2) is 13.1 Å². The van der Waals surface area contributed by atoms with E-state index >= 15 is 0 Å². The number of hydrogen-bond acceptors (Lipinski definition) is 3. The van der Waals surface area contributed by atoms with E-state index < -0.39 is 23.6 Å². The van der Waals surface area contributed by atoms with Crippen LogP contribution in [0.1, 0.15) is 18.0 Å². The molecule has 15 heavy (non-hydrogen) atoms. The molecule has 0 fully saturated rings. The Bertz CT molecular complexity index is 368. The van der Waals surface area contributed by atoms with E-state index in [0.29, 0.717) is 0 Å². The first kappa shape index (κ1) is 11.6. The number of nitrogens with two attached hydrogens (primary N) is 1. The molecule has 0 radical (unpaired) electrons. The smallest absolute Gasteiger partial charge is 0.307 e. The van der Waals surface area contributed by atoms with E-state index in [2.05, 4.69) is 4.74 Å². The summed E-state index contributed by atoms with van der Waals surface area (Å²) < 4.78 is 30.1. The van der Waals surface area contributed by atoms with Crippen LogP contribution in [0.2, 0.25) is 0 Å². The largest absolute Gasteiger partial charge is 0.469 e. The molecule has 0 spiro atoms. The number of hydrogen-bond donors (Lipinski definition) is 1. The molecular weight excluding hydrogens is 204 g/mol. The fourth-order valence-corrected chi connectivity index (χ4v) is 1.18. The third kappa shape index (κ3) is 2.99. The van der Waals surface area contributed by atoms with Crippen LogP contribution >= 0.6 is 0 Å². The van der Waals surface area contributed by atoms with Crippen molar-refractivity contribution in [3.63, 3.8) is 0 Å². The second kappa shape index (κ2) is 4.84. The highest BCUT2D eigenvalue weighted by Crippen LogP contribution is 2.18. The molecule has 0 unspecified atom stereocenters. The Balaban J connectivity index is 2.82. The minimum Gasteiger partial charge on any atom is -0.469 e. The molecule has 1 atom stereocenters. The van der Waals surface area contributed by atoms with Gasteiger partial charge in [-0.15, -0.1) is 0 Å². The molecular formula is C10H11F2NO2. The zero-order valence-corrected chi connectivity index (χ0v) is 8.17. The van der Waals surface area contributed by atoms with Gasteiger partial charge in [-0.2, -0.15) is 0 Å². The van der Waals surface area contributed by atoms with Gasteiger partial charge in [-0.25, -0.2) is 8.78 Å². The lowest BCUT2D eigenvalue weighted by atomic mass is 10.0. The highest BCUT2D eigenvalue weighted by molar-refractivity contribution is 5.70. The summed E-state index contributed by atoms with van der Waals surface area (Å²) in [5.41, 5.74) is 5.66. The molecule has 0 heterocycles. The lowest BCUT2D eigenvalue weighted by molar-refractivity contribution is -0.141. The minimum absolute atomic E-state index is 0.0989. The molecule has 0 bridgehead atoms. The second-order valence-corrected chi connectivity index (χ2v) is 3.05. The standard InChI is InChI=1S/C10H11F2NO2/c1-15-10(14)5-9(13)7-3-2-6(11)4-8(7)12/h2-4,9H,5,13H2,1H3/t9-/m0/s1. The van der Waals surface area contributed by atoms with Crippen LogP contribution in [0.4, 0.5) is 8.78 Å². The minimum atomic E-state index is -0.821. The summed E-state index contributed by atoms with van der Waals surface area (Å²) in [6.45, 7) is 0. The SMILES string of the molecule is COC(=O)C[C@H](N)c1ccc(F)cc1F. The van der Waals surface area contributed by atoms with Crippen molar-refractivity contribution in [3.05, 3.63) is 35.4 Å². The third-order valence-electron chi connectivity index (χ3n) is 1.98. The predicted octanol–water partition coefficient (Wildman–Crippen LogP) is 1.53. The molecule has 82 valence electrons. The number of ether oxygens (including phenoxy) is 1. The van der Waals surface area contributed by atoms with Crippen molar-refractivity contribution < 1.29 is 18.3 Å². The van der Waals surface area contributed by atoms with Crippen molar-refractivity contribution in [2.24, 2.45) is 5.73 Å². The van der Waals surface area contributed by atoms with Gasteiger partial charge in [0.2, 0.25) is 0 Å². The summed E-state index contributed by atoms with van der Waals surface area (Å²) in [6, 6.07) is 2.22. The third-order valence-corrected chi connectivity index (χ3v) is 1.98. The van der Waals surface area contributed by atoms with Crippen LogP contribution < -0.4 is 5.73 Å². The van der Waals surface area contributed by atoms with Gasteiger partial charge in [0.25, 0.3) is 0 Å². The van der Waals surface area contributed by atoms with Gasteiger partial charge >= 0.3 is 5.97 Å². The van der Waals surface area contributed by atoms with E-state index in [9.17, 15) is 13.6 Å². The fraction of sp³-hybridized carbons (Fsp3) is 0.300. The van der Waals surface area contributed by atoms with Gasteiger partial charge in [-0.1, -0.05) is 6.07 Å². The van der Waals surface area contributed by atoms with E-state index in [1.165, 1.54) is 13.2 Å². The number of rotatable bonds is 3. The van der Waals surface area contributed by atoms with E-state index in [1.54, 1.807) is 0 Å². The van der Waals surface area contributed by atoms with E-state index in [4.69, 9.17) is 5.73 Å². The van der Waals surface area contributed by atoms with Gasteiger partial charge < -0.3 is 10.5 Å². The molecule has 0 amide bonds. The summed E-state index contributed by atoms with van der Waals surface area (Å²) in [5.74, 6) is -1.97. The number of halogens is 2. The van der Waals surface area contributed by atoms with E-state index in [-0.39, 0.29) is 12.0 Å². The van der Waals surface area contributed by atoms with E-state index in [0.717, 1.165) is 12.1 Å². The predicted molar refractivity (Wildman–Crippen MR) is 49.9 cm³/mol.